The number of fused-ring (bicyclic) bond motifs is 3. The second-order valence-electron chi connectivity index (χ2n) is 5.89. The summed E-state index contributed by atoms with van der Waals surface area (Å²) in [5, 5.41) is 7.26. The molecular weight excluding hydrogens is 352 g/mol. The molecule has 25 heavy (non-hydrogen) atoms. The van der Waals surface area contributed by atoms with Crippen LogP contribution in [0.3, 0.4) is 0 Å². The van der Waals surface area contributed by atoms with Gasteiger partial charge in [0.25, 0.3) is 0 Å². The minimum Gasteiger partial charge on any atom is -0.308 e. The number of aromatic nitrogens is 2. The third-order valence-electron chi connectivity index (χ3n) is 4.01. The number of thiazole rings is 2. The maximum Gasteiger partial charge on any atom is 0.325 e. The van der Waals surface area contributed by atoms with Crippen molar-refractivity contribution >= 4 is 60.0 Å². The molecule has 126 valence electrons. The summed E-state index contributed by atoms with van der Waals surface area (Å²) in [4.78, 5) is 21.3. The largest absolute Gasteiger partial charge is 0.325 e. The van der Waals surface area contributed by atoms with Gasteiger partial charge >= 0.3 is 6.03 Å². The van der Waals surface area contributed by atoms with Gasteiger partial charge in [-0.15, -0.1) is 11.3 Å². The number of hydrogen-bond donors (Lipinski definition) is 2. The Kier molecular flexibility index (Phi) is 3.89. The SMILES string of the molecule is Cc1nc2c(ccc3nc(NC(=O)Nc4ccc(C)c(C)c4)sc32)s1. The van der Waals surface area contributed by atoms with Gasteiger partial charge < -0.3 is 5.32 Å². The second kappa shape index (κ2) is 6.09. The average Bonchev–Trinajstić information content (AvgIpc) is 3.12. The van der Waals surface area contributed by atoms with Gasteiger partial charge in [-0.05, 0) is 56.2 Å². The average molecular weight is 368 g/mol. The molecule has 2 amide bonds. The van der Waals surface area contributed by atoms with Crippen molar-refractivity contribution in [2.24, 2.45) is 0 Å². The van der Waals surface area contributed by atoms with Crippen molar-refractivity contribution in [2.45, 2.75) is 20.8 Å². The number of carbonyl (C=O) groups excluding carboxylic acids is 1. The molecule has 0 aliphatic rings. The van der Waals surface area contributed by atoms with Gasteiger partial charge in [0.2, 0.25) is 0 Å². The minimum atomic E-state index is -0.298. The van der Waals surface area contributed by atoms with Gasteiger partial charge in [0.05, 0.1) is 19.9 Å². The molecule has 0 spiro atoms. The van der Waals surface area contributed by atoms with Gasteiger partial charge in [0, 0.05) is 5.69 Å². The second-order valence-corrected chi connectivity index (χ2v) is 8.12. The highest BCUT2D eigenvalue weighted by atomic mass is 32.1. The first-order valence-corrected chi connectivity index (χ1v) is 9.45. The molecule has 0 saturated heterocycles. The number of carbonyl (C=O) groups is 1. The van der Waals surface area contributed by atoms with Crippen LogP contribution in [0.1, 0.15) is 16.1 Å². The van der Waals surface area contributed by atoms with Crippen LogP contribution in [0.25, 0.3) is 20.4 Å². The molecule has 4 aromatic rings. The molecule has 2 aromatic carbocycles. The van der Waals surface area contributed by atoms with Crippen molar-refractivity contribution in [3.63, 3.8) is 0 Å². The molecule has 2 aromatic heterocycles. The third-order valence-corrected chi connectivity index (χ3v) is 5.94. The van der Waals surface area contributed by atoms with E-state index in [4.69, 9.17) is 0 Å². The minimum absolute atomic E-state index is 0.298. The Bertz CT molecular complexity index is 1110. The molecule has 2 heterocycles. The smallest absolute Gasteiger partial charge is 0.308 e. The van der Waals surface area contributed by atoms with E-state index in [0.29, 0.717) is 5.13 Å². The number of anilines is 2. The number of nitrogens with one attached hydrogen (secondary N) is 2. The van der Waals surface area contributed by atoms with E-state index in [-0.39, 0.29) is 6.03 Å². The fraction of sp³-hybridized carbons (Fsp3) is 0.167. The summed E-state index contributed by atoms with van der Waals surface area (Å²) in [5.41, 5.74) is 4.91. The third kappa shape index (κ3) is 3.08. The van der Waals surface area contributed by atoms with E-state index in [1.807, 2.05) is 51.1 Å². The molecule has 0 atom stereocenters. The fourth-order valence-corrected chi connectivity index (χ4v) is 4.47. The zero-order chi connectivity index (χ0) is 17.6. The topological polar surface area (TPSA) is 66.9 Å². The van der Waals surface area contributed by atoms with E-state index in [0.717, 1.165) is 36.7 Å². The lowest BCUT2D eigenvalue weighted by Gasteiger charge is -2.07. The van der Waals surface area contributed by atoms with Crippen molar-refractivity contribution in [2.75, 3.05) is 10.6 Å². The van der Waals surface area contributed by atoms with E-state index in [9.17, 15) is 4.79 Å². The van der Waals surface area contributed by atoms with Gasteiger partial charge in [0.1, 0.15) is 5.52 Å². The first-order chi connectivity index (χ1) is 12.0. The Labute approximate surface area is 152 Å². The molecule has 2 N–H and O–H groups in total. The molecule has 0 bridgehead atoms. The summed E-state index contributed by atoms with van der Waals surface area (Å²) in [6, 6.07) is 9.54. The fourth-order valence-electron chi connectivity index (χ4n) is 2.62. The number of urea groups is 1. The molecule has 0 aliphatic carbocycles. The number of aryl methyl sites for hydroxylation is 3. The summed E-state index contributed by atoms with van der Waals surface area (Å²) in [6.45, 7) is 6.06. The summed E-state index contributed by atoms with van der Waals surface area (Å²) in [5.74, 6) is 0. The van der Waals surface area contributed by atoms with Gasteiger partial charge in [-0.2, -0.15) is 0 Å². The monoisotopic (exact) mass is 368 g/mol. The first-order valence-electron chi connectivity index (χ1n) is 7.81. The van der Waals surface area contributed by atoms with E-state index in [1.165, 1.54) is 16.9 Å². The molecule has 0 unspecified atom stereocenters. The van der Waals surface area contributed by atoms with Crippen LogP contribution in [0.15, 0.2) is 30.3 Å². The highest BCUT2D eigenvalue weighted by molar-refractivity contribution is 7.24. The predicted octanol–water partition coefficient (Wildman–Crippen LogP) is 5.48. The Morgan fingerprint density at radius 2 is 1.80 bits per heavy atom. The quantitative estimate of drug-likeness (QED) is 0.493. The summed E-state index contributed by atoms with van der Waals surface area (Å²) in [7, 11) is 0. The van der Waals surface area contributed by atoms with E-state index < -0.39 is 0 Å². The zero-order valence-electron chi connectivity index (χ0n) is 14.0. The molecule has 4 rings (SSSR count). The zero-order valence-corrected chi connectivity index (χ0v) is 15.6. The lowest BCUT2D eigenvalue weighted by atomic mass is 10.1. The van der Waals surface area contributed by atoms with Crippen LogP contribution < -0.4 is 10.6 Å². The number of benzene rings is 2. The van der Waals surface area contributed by atoms with E-state index >= 15 is 0 Å². The molecule has 0 saturated carbocycles. The molecule has 0 fully saturated rings. The van der Waals surface area contributed by atoms with Gasteiger partial charge in [-0.25, -0.2) is 14.8 Å². The summed E-state index contributed by atoms with van der Waals surface area (Å²) < 4.78 is 2.14. The van der Waals surface area contributed by atoms with Crippen LogP contribution in [-0.2, 0) is 0 Å². The van der Waals surface area contributed by atoms with Gasteiger partial charge in [-0.1, -0.05) is 17.4 Å². The van der Waals surface area contributed by atoms with Crippen molar-refractivity contribution in [3.05, 3.63) is 46.5 Å². The highest BCUT2D eigenvalue weighted by Crippen LogP contribution is 2.34. The van der Waals surface area contributed by atoms with E-state index in [2.05, 4.69) is 20.6 Å². The maximum atomic E-state index is 12.3. The Morgan fingerprint density at radius 3 is 2.60 bits per heavy atom. The summed E-state index contributed by atoms with van der Waals surface area (Å²) >= 11 is 3.11. The normalized spacial score (nSPS) is 11.2. The van der Waals surface area contributed by atoms with Gasteiger partial charge in [-0.3, -0.25) is 5.32 Å². The van der Waals surface area contributed by atoms with Crippen molar-refractivity contribution < 1.29 is 4.79 Å². The van der Waals surface area contributed by atoms with Crippen LogP contribution in [-0.4, -0.2) is 16.0 Å². The molecule has 5 nitrogen and oxygen atoms in total. The molecular formula is C18H16N4OS2. The number of nitrogens with zero attached hydrogens (tertiary/aromatic N) is 2. The van der Waals surface area contributed by atoms with Crippen LogP contribution in [0.2, 0.25) is 0 Å². The Hall–Kier alpha value is -2.51. The van der Waals surface area contributed by atoms with Crippen molar-refractivity contribution in [1.29, 1.82) is 0 Å². The molecule has 0 aliphatic heterocycles. The number of hydrogen-bond acceptors (Lipinski definition) is 5. The van der Waals surface area contributed by atoms with Crippen LogP contribution in [0, 0.1) is 20.8 Å². The first kappa shape index (κ1) is 16.0. The number of rotatable bonds is 2. The standard InChI is InChI=1S/C18H16N4OS2/c1-9-4-5-12(8-10(9)2)20-17(23)22-18-21-13-6-7-14-15(16(13)25-18)19-11(3)24-14/h4-8H,1-3H3,(H2,20,21,22,23). The van der Waals surface area contributed by atoms with Crippen molar-refractivity contribution in [3.8, 4) is 0 Å². The lowest BCUT2D eigenvalue weighted by Crippen LogP contribution is -2.19. The van der Waals surface area contributed by atoms with Crippen LogP contribution >= 0.6 is 22.7 Å². The summed E-state index contributed by atoms with van der Waals surface area (Å²) in [6.07, 6.45) is 0. The van der Waals surface area contributed by atoms with Crippen LogP contribution in [0.5, 0.6) is 0 Å². The van der Waals surface area contributed by atoms with Crippen LogP contribution in [0.4, 0.5) is 15.6 Å². The maximum absolute atomic E-state index is 12.3. The highest BCUT2D eigenvalue weighted by Gasteiger charge is 2.12. The Balaban J connectivity index is 1.58. The Morgan fingerprint density at radius 1 is 0.960 bits per heavy atom. The lowest BCUT2D eigenvalue weighted by molar-refractivity contribution is 0.262. The van der Waals surface area contributed by atoms with Gasteiger partial charge in [0.15, 0.2) is 5.13 Å². The van der Waals surface area contributed by atoms with Crippen molar-refractivity contribution in [1.82, 2.24) is 9.97 Å². The predicted molar refractivity (Wildman–Crippen MR) is 106 cm³/mol. The van der Waals surface area contributed by atoms with E-state index in [1.54, 1.807) is 11.3 Å². The number of amides is 2. The molecule has 0 radical (unpaired) electrons. The molecule has 7 heteroatoms.